The molecule has 0 heterocycles. The zero-order valence-electron chi connectivity index (χ0n) is 21.3. The van der Waals surface area contributed by atoms with Crippen LogP contribution in [0.3, 0.4) is 0 Å². The van der Waals surface area contributed by atoms with Crippen molar-refractivity contribution in [2.75, 3.05) is 18.6 Å². The Morgan fingerprint density at radius 3 is 2.32 bits per heavy atom. The number of ether oxygens (including phenoxy) is 1. The normalized spacial score (nSPS) is 16.3. The highest BCUT2D eigenvalue weighted by molar-refractivity contribution is 7.98. The molecule has 1 fully saturated rings. The number of amides is 3. The van der Waals surface area contributed by atoms with E-state index in [2.05, 4.69) is 10.6 Å². The van der Waals surface area contributed by atoms with E-state index in [0.29, 0.717) is 18.7 Å². The first-order valence-electron chi connectivity index (χ1n) is 12.3. The van der Waals surface area contributed by atoms with Crippen LogP contribution in [0.15, 0.2) is 30.3 Å². The minimum atomic E-state index is -0.782. The Balaban J connectivity index is 2.29. The summed E-state index contributed by atoms with van der Waals surface area (Å²) in [5, 5.41) is 5.94. The molecule has 7 nitrogen and oxygen atoms in total. The zero-order chi connectivity index (χ0) is 25.1. The van der Waals surface area contributed by atoms with E-state index < -0.39 is 23.8 Å². The molecule has 0 spiro atoms. The lowest BCUT2D eigenvalue weighted by molar-refractivity contribution is -0.142. The fraction of sp³-hybridized carbons (Fsp3) is 0.654. The molecule has 2 rings (SSSR count). The Labute approximate surface area is 208 Å². The second kappa shape index (κ2) is 13.6. The molecule has 1 aliphatic carbocycles. The van der Waals surface area contributed by atoms with Crippen LogP contribution in [0.4, 0.5) is 4.79 Å². The van der Waals surface area contributed by atoms with Crippen LogP contribution in [-0.2, 0) is 14.3 Å². The highest BCUT2D eigenvalue weighted by Crippen LogP contribution is 2.25. The van der Waals surface area contributed by atoms with Gasteiger partial charge in [0.15, 0.2) is 0 Å². The largest absolute Gasteiger partial charge is 0.444 e. The molecule has 3 amide bonds. The highest BCUT2D eigenvalue weighted by Gasteiger charge is 2.36. The predicted molar refractivity (Wildman–Crippen MR) is 138 cm³/mol. The Kier molecular flexibility index (Phi) is 11.2. The van der Waals surface area contributed by atoms with Crippen LogP contribution in [0.5, 0.6) is 0 Å². The topological polar surface area (TPSA) is 87.7 Å². The lowest BCUT2D eigenvalue weighted by Crippen LogP contribution is -2.54. The summed E-state index contributed by atoms with van der Waals surface area (Å²) in [6, 6.07) is 7.97. The molecule has 1 aromatic rings. The summed E-state index contributed by atoms with van der Waals surface area (Å²) in [5.41, 5.74) is 0.0839. The number of carbonyl (C=O) groups is 3. The lowest BCUT2D eigenvalue weighted by atomic mass is 9.94. The molecule has 34 heavy (non-hydrogen) atoms. The minimum absolute atomic E-state index is 0.133. The van der Waals surface area contributed by atoms with Gasteiger partial charge in [0.05, 0.1) is 0 Å². The molecule has 0 aliphatic heterocycles. The van der Waals surface area contributed by atoms with E-state index in [-0.39, 0.29) is 17.9 Å². The van der Waals surface area contributed by atoms with Crippen LogP contribution in [0.1, 0.15) is 77.8 Å². The fourth-order valence-corrected chi connectivity index (χ4v) is 4.72. The summed E-state index contributed by atoms with van der Waals surface area (Å²) >= 11 is 1.60. The number of alkyl carbamates (subject to hydrolysis) is 1. The van der Waals surface area contributed by atoms with E-state index in [1.165, 1.54) is 6.42 Å². The summed E-state index contributed by atoms with van der Waals surface area (Å²) in [4.78, 5) is 41.4. The number of carbonyl (C=O) groups excluding carboxylic acids is 3. The number of benzene rings is 1. The predicted octanol–water partition coefficient (Wildman–Crippen LogP) is 4.67. The van der Waals surface area contributed by atoms with Crippen LogP contribution >= 0.6 is 11.8 Å². The maximum atomic E-state index is 13.8. The zero-order valence-corrected chi connectivity index (χ0v) is 22.1. The average Bonchev–Trinajstić information content (AvgIpc) is 2.79. The molecular formula is C26H41N3O4S. The molecule has 1 aliphatic rings. The molecule has 0 bridgehead atoms. The quantitative estimate of drug-likeness (QED) is 0.497. The van der Waals surface area contributed by atoms with Gasteiger partial charge in [0.1, 0.15) is 17.7 Å². The summed E-state index contributed by atoms with van der Waals surface area (Å²) in [6.07, 6.45) is 7.10. The van der Waals surface area contributed by atoms with Crippen LogP contribution in [0.25, 0.3) is 0 Å². The molecule has 190 valence electrons. The van der Waals surface area contributed by atoms with Gasteiger partial charge in [-0.15, -0.1) is 0 Å². The van der Waals surface area contributed by atoms with E-state index in [9.17, 15) is 14.4 Å². The molecule has 1 saturated carbocycles. The van der Waals surface area contributed by atoms with Gasteiger partial charge < -0.3 is 20.3 Å². The van der Waals surface area contributed by atoms with Crippen LogP contribution in [0, 0.1) is 0 Å². The number of hydrogen-bond acceptors (Lipinski definition) is 5. The lowest BCUT2D eigenvalue weighted by Gasteiger charge is -2.35. The number of nitrogens with zero attached hydrogens (tertiary/aromatic N) is 1. The van der Waals surface area contributed by atoms with Gasteiger partial charge in [-0.1, -0.05) is 49.6 Å². The molecule has 8 heteroatoms. The summed E-state index contributed by atoms with van der Waals surface area (Å²) in [5.74, 6) is 0.234. The van der Waals surface area contributed by atoms with Crippen molar-refractivity contribution in [1.82, 2.24) is 15.5 Å². The fourth-order valence-electron chi connectivity index (χ4n) is 4.24. The van der Waals surface area contributed by atoms with Crippen molar-refractivity contribution in [2.24, 2.45) is 0 Å². The van der Waals surface area contributed by atoms with E-state index in [1.807, 2.05) is 43.5 Å². The van der Waals surface area contributed by atoms with Crippen LogP contribution in [0.2, 0.25) is 0 Å². The van der Waals surface area contributed by atoms with Crippen molar-refractivity contribution >= 4 is 29.7 Å². The number of nitrogens with one attached hydrogen (secondary N) is 2. The standard InChI is InChI=1S/C26H41N3O4S/c1-6-29(24(31)21(17-18-34-5)28-25(32)33-26(2,3)4)22(19-13-9-7-10-14-19)23(30)27-20-15-11-8-12-16-20/h7,9-10,13-14,20-22H,6,8,11-12,15-18H2,1-5H3,(H,27,30)(H,28,32). The number of hydrogen-bond donors (Lipinski definition) is 2. The monoisotopic (exact) mass is 491 g/mol. The molecule has 2 N–H and O–H groups in total. The van der Waals surface area contributed by atoms with Gasteiger partial charge >= 0.3 is 6.09 Å². The van der Waals surface area contributed by atoms with Gasteiger partial charge in [0, 0.05) is 12.6 Å². The molecule has 0 saturated heterocycles. The number of rotatable bonds is 10. The minimum Gasteiger partial charge on any atom is -0.444 e. The van der Waals surface area contributed by atoms with Gasteiger partial charge in [0.25, 0.3) is 0 Å². The molecule has 2 atom stereocenters. The molecule has 1 aromatic carbocycles. The molecule has 0 radical (unpaired) electrons. The maximum absolute atomic E-state index is 13.8. The first kappa shape index (κ1) is 28.0. The van der Waals surface area contributed by atoms with E-state index in [0.717, 1.165) is 31.2 Å². The van der Waals surface area contributed by atoms with Crippen molar-refractivity contribution in [3.63, 3.8) is 0 Å². The van der Waals surface area contributed by atoms with Crippen LogP contribution < -0.4 is 10.6 Å². The van der Waals surface area contributed by atoms with Gasteiger partial charge in [-0.25, -0.2) is 4.79 Å². The van der Waals surface area contributed by atoms with Crippen molar-refractivity contribution in [2.45, 2.75) is 89.9 Å². The number of thioether (sulfide) groups is 1. The van der Waals surface area contributed by atoms with E-state index in [4.69, 9.17) is 4.74 Å². The van der Waals surface area contributed by atoms with Gasteiger partial charge in [-0.2, -0.15) is 11.8 Å². The smallest absolute Gasteiger partial charge is 0.408 e. The third-order valence-corrected chi connectivity index (χ3v) is 6.49. The van der Waals surface area contributed by atoms with Crippen molar-refractivity contribution in [3.8, 4) is 0 Å². The Morgan fingerprint density at radius 1 is 1.12 bits per heavy atom. The van der Waals surface area contributed by atoms with Crippen molar-refractivity contribution in [3.05, 3.63) is 35.9 Å². The second-order valence-corrected chi connectivity index (χ2v) is 10.7. The molecule has 2 unspecified atom stereocenters. The summed E-state index contributed by atoms with van der Waals surface area (Å²) in [7, 11) is 0. The van der Waals surface area contributed by atoms with E-state index in [1.54, 1.807) is 37.4 Å². The summed E-state index contributed by atoms with van der Waals surface area (Å²) in [6.45, 7) is 7.54. The third-order valence-electron chi connectivity index (χ3n) is 5.85. The highest BCUT2D eigenvalue weighted by atomic mass is 32.2. The Morgan fingerprint density at radius 2 is 1.76 bits per heavy atom. The first-order valence-corrected chi connectivity index (χ1v) is 13.7. The van der Waals surface area contributed by atoms with Crippen molar-refractivity contribution < 1.29 is 19.1 Å². The number of likely N-dealkylation sites (N-methyl/N-ethyl adjacent to an activating group) is 1. The average molecular weight is 492 g/mol. The maximum Gasteiger partial charge on any atom is 0.408 e. The van der Waals surface area contributed by atoms with Gasteiger partial charge in [0.2, 0.25) is 11.8 Å². The van der Waals surface area contributed by atoms with Crippen LogP contribution in [-0.4, -0.2) is 59.0 Å². The second-order valence-electron chi connectivity index (χ2n) is 9.76. The van der Waals surface area contributed by atoms with E-state index >= 15 is 0 Å². The molecular weight excluding hydrogens is 450 g/mol. The Bertz CT molecular complexity index is 791. The summed E-state index contributed by atoms with van der Waals surface area (Å²) < 4.78 is 5.40. The molecule has 0 aromatic heterocycles. The van der Waals surface area contributed by atoms with Gasteiger partial charge in [-0.3, -0.25) is 9.59 Å². The van der Waals surface area contributed by atoms with Crippen molar-refractivity contribution in [1.29, 1.82) is 0 Å². The SMILES string of the molecule is CCN(C(=O)C(CCSC)NC(=O)OC(C)(C)C)C(C(=O)NC1CCCCC1)c1ccccc1. The third kappa shape index (κ3) is 8.85. The Hall–Kier alpha value is -2.22. The van der Waals surface area contributed by atoms with Gasteiger partial charge in [-0.05, 0) is 64.5 Å². The first-order chi connectivity index (χ1) is 16.2.